The summed E-state index contributed by atoms with van der Waals surface area (Å²) in [5, 5.41) is 9.58. The van der Waals surface area contributed by atoms with Gasteiger partial charge >= 0.3 is 6.18 Å². The minimum Gasteiger partial charge on any atom is -0.316 e. The van der Waals surface area contributed by atoms with Crippen LogP contribution in [0.25, 0.3) is 0 Å². The van der Waals surface area contributed by atoms with Crippen LogP contribution in [0.2, 0.25) is 0 Å². The fraction of sp³-hybridized carbons (Fsp3) is 0.600. The van der Waals surface area contributed by atoms with Gasteiger partial charge in [0.15, 0.2) is 0 Å². The van der Waals surface area contributed by atoms with E-state index in [0.29, 0.717) is 12.5 Å². The van der Waals surface area contributed by atoms with Crippen LogP contribution in [-0.2, 0) is 4.79 Å². The lowest BCUT2D eigenvalue weighted by molar-refractivity contribution is -0.133. The van der Waals surface area contributed by atoms with Gasteiger partial charge in [0.05, 0.1) is 18.2 Å². The molecular formula is C25H33F4N3O. The Labute approximate surface area is 193 Å². The number of rotatable bonds is 7. The molecule has 182 valence electrons. The van der Waals surface area contributed by atoms with Crippen molar-refractivity contribution in [2.75, 3.05) is 18.1 Å². The quantitative estimate of drug-likeness (QED) is 0.230. The average molecular weight is 468 g/mol. The summed E-state index contributed by atoms with van der Waals surface area (Å²) < 4.78 is 50.2. The monoisotopic (exact) mass is 467 g/mol. The van der Waals surface area contributed by atoms with E-state index in [4.69, 9.17) is 4.79 Å². The van der Waals surface area contributed by atoms with Crippen molar-refractivity contribution in [1.82, 2.24) is 5.32 Å². The number of halogens is 4. The summed E-state index contributed by atoms with van der Waals surface area (Å²) in [6, 6.07) is 6.63. The van der Waals surface area contributed by atoms with Gasteiger partial charge in [-0.25, -0.2) is 4.39 Å². The average Bonchev–Trinajstić information content (AvgIpc) is 3.17. The molecule has 3 atom stereocenters. The van der Waals surface area contributed by atoms with Crippen LogP contribution in [0.4, 0.5) is 23.2 Å². The molecule has 1 saturated carbocycles. The van der Waals surface area contributed by atoms with Crippen molar-refractivity contribution in [3.8, 4) is 0 Å². The molecular weight excluding hydrogens is 434 g/mol. The van der Waals surface area contributed by atoms with E-state index in [1.165, 1.54) is 37.5 Å². The number of nitrogens with one attached hydrogen (secondary N) is 1. The van der Waals surface area contributed by atoms with Crippen molar-refractivity contribution in [3.05, 3.63) is 41.7 Å². The first-order chi connectivity index (χ1) is 15.8. The topological polar surface area (TPSA) is 44.7 Å². The molecule has 1 aromatic rings. The standard InChI is InChI=1S/C23H29F4N3.C2H4O/c24-19-5-7-20(8-6-19)30-21-14-18-4-1-2-9-22(18,15-17(21)16-29-30)10-3-12-28-13-11-23(25,26)27;1-2-3/h5-8,14,16-17,21,28H,1-4,9-13,15H2;2H,1H3. The van der Waals surface area contributed by atoms with Crippen molar-refractivity contribution in [1.29, 1.82) is 0 Å². The number of carbonyl (C=O) groups excluding carboxylic acids is 1. The molecule has 3 unspecified atom stereocenters. The van der Waals surface area contributed by atoms with Gasteiger partial charge in [-0.3, -0.25) is 5.01 Å². The third-order valence-electron chi connectivity index (χ3n) is 6.82. The molecule has 0 radical (unpaired) electrons. The Kier molecular flexibility index (Phi) is 8.68. The summed E-state index contributed by atoms with van der Waals surface area (Å²) in [5.41, 5.74) is 2.53. The highest BCUT2D eigenvalue weighted by Gasteiger charge is 2.46. The number of hydrazone groups is 1. The minimum absolute atomic E-state index is 0.0107. The zero-order chi connectivity index (χ0) is 23.9. The summed E-state index contributed by atoms with van der Waals surface area (Å²) in [4.78, 5) is 8.81. The first-order valence-electron chi connectivity index (χ1n) is 11.8. The Morgan fingerprint density at radius 2 is 1.94 bits per heavy atom. The molecule has 4 nitrogen and oxygen atoms in total. The van der Waals surface area contributed by atoms with Crippen molar-refractivity contribution in [3.63, 3.8) is 0 Å². The molecule has 0 aromatic heterocycles. The molecule has 1 aromatic carbocycles. The van der Waals surface area contributed by atoms with Crippen LogP contribution in [0, 0.1) is 17.2 Å². The number of nitrogens with zero attached hydrogens (tertiary/aromatic N) is 2. The maximum Gasteiger partial charge on any atom is 0.390 e. The smallest absolute Gasteiger partial charge is 0.316 e. The molecule has 2 aliphatic carbocycles. The third-order valence-corrected chi connectivity index (χ3v) is 6.82. The Balaban J connectivity index is 0.000000968. The molecule has 3 aliphatic rings. The van der Waals surface area contributed by atoms with Gasteiger partial charge in [0.1, 0.15) is 12.1 Å². The van der Waals surface area contributed by atoms with E-state index >= 15 is 0 Å². The lowest BCUT2D eigenvalue weighted by atomic mass is 9.59. The molecule has 0 spiro atoms. The number of aldehydes is 1. The first-order valence-corrected chi connectivity index (χ1v) is 11.8. The summed E-state index contributed by atoms with van der Waals surface area (Å²) >= 11 is 0. The number of fused-ring (bicyclic) bond motifs is 2. The highest BCUT2D eigenvalue weighted by molar-refractivity contribution is 5.72. The van der Waals surface area contributed by atoms with E-state index in [1.807, 2.05) is 11.2 Å². The summed E-state index contributed by atoms with van der Waals surface area (Å²) in [6.07, 6.45) is 7.83. The number of benzene rings is 1. The maximum absolute atomic E-state index is 13.3. The second-order valence-corrected chi connectivity index (χ2v) is 9.08. The Hall–Kier alpha value is -2.22. The van der Waals surface area contributed by atoms with Gasteiger partial charge in [-0.15, -0.1) is 0 Å². The van der Waals surface area contributed by atoms with Gasteiger partial charge in [0, 0.05) is 18.7 Å². The Morgan fingerprint density at radius 1 is 1.21 bits per heavy atom. The van der Waals surface area contributed by atoms with E-state index in [-0.39, 0.29) is 23.8 Å². The van der Waals surface area contributed by atoms with Crippen molar-refractivity contribution in [2.24, 2.45) is 16.4 Å². The van der Waals surface area contributed by atoms with Gasteiger partial charge in [0.2, 0.25) is 0 Å². The largest absolute Gasteiger partial charge is 0.390 e. The van der Waals surface area contributed by atoms with Crippen LogP contribution in [0.15, 0.2) is 41.0 Å². The molecule has 0 saturated heterocycles. The highest BCUT2D eigenvalue weighted by atomic mass is 19.4. The van der Waals surface area contributed by atoms with E-state index < -0.39 is 12.6 Å². The predicted octanol–water partition coefficient (Wildman–Crippen LogP) is 6.03. The zero-order valence-electron chi connectivity index (χ0n) is 19.1. The third kappa shape index (κ3) is 6.65. The van der Waals surface area contributed by atoms with Crippen LogP contribution < -0.4 is 10.3 Å². The van der Waals surface area contributed by atoms with Gasteiger partial charge in [-0.1, -0.05) is 18.1 Å². The van der Waals surface area contributed by atoms with Crippen LogP contribution in [0.5, 0.6) is 0 Å². The molecule has 0 bridgehead atoms. The van der Waals surface area contributed by atoms with Crippen LogP contribution in [0.3, 0.4) is 0 Å². The predicted molar refractivity (Wildman–Crippen MR) is 123 cm³/mol. The van der Waals surface area contributed by atoms with Crippen molar-refractivity contribution >= 4 is 18.2 Å². The second-order valence-electron chi connectivity index (χ2n) is 9.08. The van der Waals surface area contributed by atoms with Crippen molar-refractivity contribution < 1.29 is 22.4 Å². The van der Waals surface area contributed by atoms with E-state index in [1.54, 1.807) is 12.1 Å². The van der Waals surface area contributed by atoms with Crippen LogP contribution in [0.1, 0.15) is 58.3 Å². The number of carbonyl (C=O) groups is 1. The molecule has 1 heterocycles. The fourth-order valence-electron chi connectivity index (χ4n) is 5.35. The first kappa shape index (κ1) is 25.4. The summed E-state index contributed by atoms with van der Waals surface area (Å²) in [7, 11) is 0. The molecule has 33 heavy (non-hydrogen) atoms. The number of allylic oxidation sites excluding steroid dienone is 1. The highest BCUT2D eigenvalue weighted by Crippen LogP contribution is 2.53. The summed E-state index contributed by atoms with van der Waals surface area (Å²) in [6.45, 7) is 2.05. The Morgan fingerprint density at radius 3 is 2.64 bits per heavy atom. The van der Waals surface area contributed by atoms with Gasteiger partial charge in [-0.2, -0.15) is 18.3 Å². The fourth-order valence-corrected chi connectivity index (χ4v) is 5.35. The molecule has 1 aliphatic heterocycles. The van der Waals surface area contributed by atoms with Gasteiger partial charge < -0.3 is 10.1 Å². The van der Waals surface area contributed by atoms with Gasteiger partial charge in [-0.05, 0) is 81.7 Å². The maximum atomic E-state index is 13.3. The van der Waals surface area contributed by atoms with Crippen LogP contribution in [-0.4, -0.2) is 37.8 Å². The normalized spacial score (nSPS) is 26.1. The number of alkyl halides is 3. The minimum atomic E-state index is -4.10. The molecule has 0 amide bonds. The number of hydrogen-bond acceptors (Lipinski definition) is 4. The van der Waals surface area contributed by atoms with Crippen molar-refractivity contribution in [2.45, 2.75) is 70.5 Å². The van der Waals surface area contributed by atoms with E-state index in [2.05, 4.69) is 16.5 Å². The second kappa shape index (κ2) is 11.3. The molecule has 4 rings (SSSR count). The van der Waals surface area contributed by atoms with Gasteiger partial charge in [0.25, 0.3) is 0 Å². The van der Waals surface area contributed by atoms with Crippen LogP contribution >= 0.6 is 0 Å². The number of hydrogen-bond donors (Lipinski definition) is 1. The molecule has 1 fully saturated rings. The lowest BCUT2D eigenvalue weighted by Gasteiger charge is -2.47. The zero-order valence-corrected chi connectivity index (χ0v) is 19.1. The number of anilines is 1. The Bertz CT molecular complexity index is 837. The lowest BCUT2D eigenvalue weighted by Crippen LogP contribution is -2.42. The molecule has 1 N–H and O–H groups in total. The molecule has 8 heteroatoms. The van der Waals surface area contributed by atoms with E-state index in [9.17, 15) is 17.6 Å². The van der Waals surface area contributed by atoms with E-state index in [0.717, 1.165) is 44.1 Å². The SMILES string of the molecule is CC=O.Fc1ccc(N2N=CC3CC4(CCCNCCC(F)(F)F)CCCCC4=CC32)cc1. The summed E-state index contributed by atoms with van der Waals surface area (Å²) in [5.74, 6) is 0.0608.